The first-order valence-corrected chi connectivity index (χ1v) is 9.15. The number of aromatic nitrogens is 1. The van der Waals surface area contributed by atoms with Crippen LogP contribution in [0, 0.1) is 13.8 Å². The van der Waals surface area contributed by atoms with Crippen LogP contribution < -0.4 is 10.6 Å². The lowest BCUT2D eigenvalue weighted by Crippen LogP contribution is -2.44. The minimum absolute atomic E-state index is 0. The number of nitrogens with zero attached hydrogens (tertiary/aromatic N) is 2. The summed E-state index contributed by atoms with van der Waals surface area (Å²) in [6, 6.07) is 8.75. The van der Waals surface area contributed by atoms with E-state index in [-0.39, 0.29) is 29.4 Å². The number of halogens is 1. The molecule has 1 aromatic heterocycles. The van der Waals surface area contributed by atoms with Gasteiger partial charge in [0.2, 0.25) is 0 Å². The van der Waals surface area contributed by atoms with Crippen LogP contribution >= 0.6 is 35.3 Å². The summed E-state index contributed by atoms with van der Waals surface area (Å²) in [6.07, 6.45) is 2.84. The molecular formula is C19H29IN4S. The lowest BCUT2D eigenvalue weighted by molar-refractivity contribution is 0.508. The Kier molecular flexibility index (Phi) is 8.85. The van der Waals surface area contributed by atoms with Crippen molar-refractivity contribution in [3.8, 4) is 0 Å². The summed E-state index contributed by atoms with van der Waals surface area (Å²) in [5.74, 6) is 0.837. The molecule has 4 nitrogen and oxygen atoms in total. The van der Waals surface area contributed by atoms with Crippen LogP contribution in [0.3, 0.4) is 0 Å². The van der Waals surface area contributed by atoms with Crippen LogP contribution in [-0.2, 0) is 11.8 Å². The van der Waals surface area contributed by atoms with Crippen LogP contribution in [0.2, 0.25) is 0 Å². The van der Waals surface area contributed by atoms with Crippen molar-refractivity contribution in [2.24, 2.45) is 4.99 Å². The molecule has 0 saturated heterocycles. The standard InChI is InChI=1S/C19H28N4S.HI/c1-14-6-8-16(9-7-14)19(3,4)13-23-18(20-5)21-11-10-17-22-12-15(2)24-17;/h6-9,12H,10-11,13H2,1-5H3,(H2,20,21,23);1H. The number of aryl methyl sites for hydroxylation is 2. The summed E-state index contributed by atoms with van der Waals surface area (Å²) >= 11 is 1.75. The first-order valence-electron chi connectivity index (χ1n) is 8.34. The Morgan fingerprint density at radius 1 is 1.16 bits per heavy atom. The summed E-state index contributed by atoms with van der Waals surface area (Å²) in [5.41, 5.74) is 2.66. The van der Waals surface area contributed by atoms with Crippen LogP contribution in [0.4, 0.5) is 0 Å². The average Bonchev–Trinajstić information content (AvgIpc) is 2.96. The van der Waals surface area contributed by atoms with Crippen LogP contribution in [0.25, 0.3) is 0 Å². The van der Waals surface area contributed by atoms with E-state index in [1.807, 2.05) is 13.2 Å². The highest BCUT2D eigenvalue weighted by Gasteiger charge is 2.20. The molecule has 0 aliphatic rings. The molecule has 0 spiro atoms. The molecule has 2 aromatic rings. The molecule has 0 radical (unpaired) electrons. The summed E-state index contributed by atoms with van der Waals surface area (Å²) in [7, 11) is 1.81. The van der Waals surface area contributed by atoms with Gasteiger partial charge in [-0.05, 0) is 19.4 Å². The molecule has 2 rings (SSSR count). The van der Waals surface area contributed by atoms with Crippen molar-refractivity contribution in [3.05, 3.63) is 51.5 Å². The molecule has 0 aliphatic heterocycles. The van der Waals surface area contributed by atoms with Crippen molar-refractivity contribution in [1.29, 1.82) is 0 Å². The SMILES string of the molecule is CN=C(NCCc1ncc(C)s1)NCC(C)(C)c1ccc(C)cc1.I. The van der Waals surface area contributed by atoms with E-state index in [1.54, 1.807) is 11.3 Å². The Balaban J connectivity index is 0.00000312. The molecule has 0 atom stereocenters. The molecule has 2 N–H and O–H groups in total. The molecule has 0 amide bonds. The fraction of sp³-hybridized carbons (Fsp3) is 0.474. The van der Waals surface area contributed by atoms with Gasteiger partial charge in [0, 0.05) is 43.0 Å². The molecule has 0 fully saturated rings. The Morgan fingerprint density at radius 3 is 2.40 bits per heavy atom. The van der Waals surface area contributed by atoms with Crippen LogP contribution in [0.1, 0.15) is 34.9 Å². The molecule has 0 bridgehead atoms. The molecule has 0 saturated carbocycles. The minimum Gasteiger partial charge on any atom is -0.356 e. The highest BCUT2D eigenvalue weighted by atomic mass is 127. The van der Waals surface area contributed by atoms with Gasteiger partial charge in [0.15, 0.2) is 5.96 Å². The largest absolute Gasteiger partial charge is 0.356 e. The zero-order chi connectivity index (χ0) is 17.6. The number of benzene rings is 1. The van der Waals surface area contributed by atoms with E-state index >= 15 is 0 Å². The van der Waals surface area contributed by atoms with Crippen LogP contribution in [0.15, 0.2) is 35.5 Å². The van der Waals surface area contributed by atoms with E-state index in [4.69, 9.17) is 0 Å². The second-order valence-electron chi connectivity index (χ2n) is 6.72. The number of aliphatic imine (C=N–C) groups is 1. The minimum atomic E-state index is 0. The van der Waals surface area contributed by atoms with Gasteiger partial charge in [-0.15, -0.1) is 35.3 Å². The smallest absolute Gasteiger partial charge is 0.191 e. The van der Waals surface area contributed by atoms with Gasteiger partial charge in [-0.25, -0.2) is 4.98 Å². The van der Waals surface area contributed by atoms with Gasteiger partial charge in [-0.3, -0.25) is 4.99 Å². The lowest BCUT2D eigenvalue weighted by atomic mass is 9.84. The van der Waals surface area contributed by atoms with Gasteiger partial charge in [-0.1, -0.05) is 43.7 Å². The first kappa shape index (κ1) is 21.9. The molecule has 0 aliphatic carbocycles. The van der Waals surface area contributed by atoms with Gasteiger partial charge < -0.3 is 10.6 Å². The van der Waals surface area contributed by atoms with E-state index in [1.165, 1.54) is 16.0 Å². The van der Waals surface area contributed by atoms with Crippen molar-refractivity contribution in [2.75, 3.05) is 20.1 Å². The van der Waals surface area contributed by atoms with Crippen molar-refractivity contribution in [2.45, 2.75) is 39.5 Å². The van der Waals surface area contributed by atoms with E-state index < -0.39 is 0 Å². The third-order valence-electron chi connectivity index (χ3n) is 4.05. The monoisotopic (exact) mass is 472 g/mol. The molecule has 25 heavy (non-hydrogen) atoms. The number of rotatable bonds is 6. The summed E-state index contributed by atoms with van der Waals surface area (Å²) in [6.45, 7) is 10.4. The normalized spacial score (nSPS) is 11.8. The van der Waals surface area contributed by atoms with E-state index in [9.17, 15) is 0 Å². The molecule has 138 valence electrons. The first-order chi connectivity index (χ1) is 11.4. The average molecular weight is 472 g/mol. The Labute approximate surface area is 172 Å². The topological polar surface area (TPSA) is 49.3 Å². The Bertz CT molecular complexity index is 677. The molecule has 0 unspecified atom stereocenters. The fourth-order valence-corrected chi connectivity index (χ4v) is 3.22. The summed E-state index contributed by atoms with van der Waals surface area (Å²) in [4.78, 5) is 9.96. The fourth-order valence-electron chi connectivity index (χ4n) is 2.44. The predicted octanol–water partition coefficient (Wildman–Crippen LogP) is 4.06. The zero-order valence-corrected chi connectivity index (χ0v) is 18.9. The lowest BCUT2D eigenvalue weighted by Gasteiger charge is -2.27. The van der Waals surface area contributed by atoms with Gasteiger partial charge >= 0.3 is 0 Å². The second kappa shape index (κ2) is 10.1. The van der Waals surface area contributed by atoms with Gasteiger partial charge in [0.05, 0.1) is 5.01 Å². The quantitative estimate of drug-likeness (QED) is 0.379. The predicted molar refractivity (Wildman–Crippen MR) is 120 cm³/mol. The van der Waals surface area contributed by atoms with Crippen molar-refractivity contribution >= 4 is 41.3 Å². The number of guanidine groups is 1. The summed E-state index contributed by atoms with van der Waals surface area (Å²) in [5, 5.41) is 7.96. The molecule has 1 aromatic carbocycles. The van der Waals surface area contributed by atoms with Crippen molar-refractivity contribution in [3.63, 3.8) is 0 Å². The maximum atomic E-state index is 4.39. The van der Waals surface area contributed by atoms with Gasteiger partial charge in [-0.2, -0.15) is 0 Å². The number of hydrogen-bond acceptors (Lipinski definition) is 3. The Hall–Kier alpha value is -1.15. The molecular weight excluding hydrogens is 443 g/mol. The van der Waals surface area contributed by atoms with Crippen molar-refractivity contribution < 1.29 is 0 Å². The third-order valence-corrected chi connectivity index (χ3v) is 5.03. The van der Waals surface area contributed by atoms with Crippen LogP contribution in [0.5, 0.6) is 0 Å². The molecule has 1 heterocycles. The van der Waals surface area contributed by atoms with Crippen molar-refractivity contribution in [1.82, 2.24) is 15.6 Å². The summed E-state index contributed by atoms with van der Waals surface area (Å²) < 4.78 is 0. The maximum Gasteiger partial charge on any atom is 0.191 e. The van der Waals surface area contributed by atoms with Gasteiger partial charge in [0.25, 0.3) is 0 Å². The Morgan fingerprint density at radius 2 is 1.84 bits per heavy atom. The van der Waals surface area contributed by atoms with Gasteiger partial charge in [0.1, 0.15) is 0 Å². The maximum absolute atomic E-state index is 4.39. The van der Waals surface area contributed by atoms with Crippen LogP contribution in [-0.4, -0.2) is 31.1 Å². The number of hydrogen-bond donors (Lipinski definition) is 2. The second-order valence-corrected chi connectivity index (χ2v) is 8.04. The highest BCUT2D eigenvalue weighted by molar-refractivity contribution is 14.0. The van der Waals surface area contributed by atoms with E-state index in [0.29, 0.717) is 0 Å². The van der Waals surface area contributed by atoms with E-state index in [0.717, 1.165) is 30.5 Å². The number of thiazole rings is 1. The molecule has 6 heteroatoms. The zero-order valence-electron chi connectivity index (χ0n) is 15.7. The highest BCUT2D eigenvalue weighted by Crippen LogP contribution is 2.22. The third kappa shape index (κ3) is 6.93. The number of nitrogens with one attached hydrogen (secondary N) is 2. The van der Waals surface area contributed by atoms with E-state index in [2.05, 4.69) is 72.6 Å².